The lowest BCUT2D eigenvalue weighted by Gasteiger charge is -2.10. The van der Waals surface area contributed by atoms with E-state index in [4.69, 9.17) is 14.2 Å². The van der Waals surface area contributed by atoms with E-state index in [-0.39, 0.29) is 11.4 Å². The summed E-state index contributed by atoms with van der Waals surface area (Å²) in [6.45, 7) is 2.70. The molecule has 0 amide bonds. The third-order valence-corrected chi connectivity index (χ3v) is 5.42. The first-order valence-corrected chi connectivity index (χ1v) is 11.4. The summed E-state index contributed by atoms with van der Waals surface area (Å²) in [7, 11) is 7.92. The number of benzene rings is 2. The zero-order valence-electron chi connectivity index (χ0n) is 20.4. The number of aromatic amines is 2. The van der Waals surface area contributed by atoms with Crippen LogP contribution in [0.2, 0.25) is 0 Å². The maximum atomic E-state index is 12.6. The molecule has 0 saturated carbocycles. The van der Waals surface area contributed by atoms with E-state index in [1.807, 2.05) is 74.4 Å². The topological polar surface area (TPSA) is 99.9 Å². The number of esters is 2. The number of likely N-dealkylation sites (N-methyl/N-ethyl adjacent to an activating group) is 2. The highest BCUT2D eigenvalue weighted by atomic mass is 16.6. The number of rotatable bonds is 10. The van der Waals surface area contributed by atoms with Gasteiger partial charge in [0.15, 0.2) is 0 Å². The number of nitrogens with one attached hydrogen (secondary N) is 2. The van der Waals surface area contributed by atoms with Crippen molar-refractivity contribution in [3.05, 3.63) is 59.9 Å². The van der Waals surface area contributed by atoms with E-state index >= 15 is 0 Å². The summed E-state index contributed by atoms with van der Waals surface area (Å²) in [4.78, 5) is 35.3. The van der Waals surface area contributed by atoms with E-state index in [1.165, 1.54) is 0 Å². The van der Waals surface area contributed by atoms with Gasteiger partial charge in [-0.15, -0.1) is 0 Å². The molecular formula is C26H30N4O5. The Balaban J connectivity index is 1.41. The first kappa shape index (κ1) is 24.3. The van der Waals surface area contributed by atoms with E-state index in [0.717, 1.165) is 34.9 Å². The van der Waals surface area contributed by atoms with Gasteiger partial charge in [-0.3, -0.25) is 0 Å². The Bertz CT molecular complexity index is 1240. The van der Waals surface area contributed by atoms with Crippen molar-refractivity contribution in [2.24, 2.45) is 0 Å². The molecule has 0 saturated heterocycles. The highest BCUT2D eigenvalue weighted by Crippen LogP contribution is 2.24. The molecule has 0 aliphatic rings. The molecule has 2 N–H and O–H groups in total. The molecule has 2 heterocycles. The van der Waals surface area contributed by atoms with Crippen molar-refractivity contribution >= 4 is 33.7 Å². The van der Waals surface area contributed by atoms with Crippen molar-refractivity contribution in [2.45, 2.75) is 0 Å². The number of fused-ring (bicyclic) bond motifs is 2. The molecule has 0 atom stereocenters. The van der Waals surface area contributed by atoms with E-state index in [0.29, 0.717) is 24.7 Å². The minimum absolute atomic E-state index is 0.187. The smallest absolute Gasteiger partial charge is 0.362 e. The number of hydrogen-bond donors (Lipinski definition) is 2. The quantitative estimate of drug-likeness (QED) is 0.266. The van der Waals surface area contributed by atoms with Crippen LogP contribution in [0.15, 0.2) is 48.5 Å². The third-order valence-electron chi connectivity index (χ3n) is 5.42. The van der Waals surface area contributed by atoms with Crippen molar-refractivity contribution in [2.75, 3.05) is 54.5 Å². The third kappa shape index (κ3) is 6.20. The molecule has 2 aromatic heterocycles. The lowest BCUT2D eigenvalue weighted by Crippen LogP contribution is -2.19. The summed E-state index contributed by atoms with van der Waals surface area (Å²) < 4.78 is 16.6. The predicted molar refractivity (Wildman–Crippen MR) is 134 cm³/mol. The van der Waals surface area contributed by atoms with Gasteiger partial charge in [-0.05, 0) is 76.7 Å². The van der Waals surface area contributed by atoms with Crippen LogP contribution in [0.4, 0.5) is 0 Å². The molecule has 0 unspecified atom stereocenters. The van der Waals surface area contributed by atoms with Crippen molar-refractivity contribution < 1.29 is 23.8 Å². The van der Waals surface area contributed by atoms with Crippen molar-refractivity contribution in [3.8, 4) is 11.5 Å². The van der Waals surface area contributed by atoms with Crippen LogP contribution in [0.3, 0.4) is 0 Å². The fraction of sp³-hybridized carbons (Fsp3) is 0.308. The molecule has 0 fully saturated rings. The molecule has 0 radical (unpaired) electrons. The molecule has 2 aromatic carbocycles. The van der Waals surface area contributed by atoms with Crippen LogP contribution in [0.25, 0.3) is 21.8 Å². The van der Waals surface area contributed by atoms with Crippen LogP contribution in [0.1, 0.15) is 21.0 Å². The van der Waals surface area contributed by atoms with Crippen LogP contribution in [-0.4, -0.2) is 86.2 Å². The normalized spacial score (nSPS) is 11.5. The number of H-pyrrole nitrogens is 2. The van der Waals surface area contributed by atoms with Crippen LogP contribution in [0, 0.1) is 0 Å². The lowest BCUT2D eigenvalue weighted by atomic mass is 10.2. The summed E-state index contributed by atoms with van der Waals surface area (Å²) >= 11 is 0. The molecule has 4 aromatic rings. The van der Waals surface area contributed by atoms with E-state index in [9.17, 15) is 9.59 Å². The van der Waals surface area contributed by atoms with E-state index < -0.39 is 11.9 Å². The minimum atomic E-state index is -0.757. The first-order valence-electron chi connectivity index (χ1n) is 11.4. The second-order valence-electron chi connectivity index (χ2n) is 8.84. The Labute approximate surface area is 203 Å². The fourth-order valence-electron chi connectivity index (χ4n) is 3.51. The molecule has 9 nitrogen and oxygen atoms in total. The van der Waals surface area contributed by atoms with Crippen LogP contribution >= 0.6 is 0 Å². The first-order chi connectivity index (χ1) is 16.8. The van der Waals surface area contributed by atoms with Gasteiger partial charge in [-0.25, -0.2) is 9.59 Å². The molecule has 9 heteroatoms. The predicted octanol–water partition coefficient (Wildman–Crippen LogP) is 3.53. The largest absolute Gasteiger partial charge is 0.492 e. The van der Waals surface area contributed by atoms with Gasteiger partial charge in [-0.1, -0.05) is 0 Å². The van der Waals surface area contributed by atoms with Crippen molar-refractivity contribution in [1.82, 2.24) is 19.8 Å². The van der Waals surface area contributed by atoms with Gasteiger partial charge in [0, 0.05) is 34.9 Å². The van der Waals surface area contributed by atoms with Crippen LogP contribution in [-0.2, 0) is 4.74 Å². The van der Waals surface area contributed by atoms with Gasteiger partial charge in [0.2, 0.25) is 0 Å². The number of hydrogen-bond acceptors (Lipinski definition) is 7. The van der Waals surface area contributed by atoms with Crippen LogP contribution < -0.4 is 9.47 Å². The van der Waals surface area contributed by atoms with Gasteiger partial charge in [0.1, 0.15) is 36.1 Å². The number of aromatic nitrogens is 2. The summed E-state index contributed by atoms with van der Waals surface area (Å²) in [5.74, 6) is -0.102. The Hall–Kier alpha value is -3.82. The second kappa shape index (κ2) is 10.6. The van der Waals surface area contributed by atoms with Gasteiger partial charge in [0.05, 0.1) is 0 Å². The standard InChI is InChI=1S/C26H30N4O5/c1-29(2)9-11-33-19-5-7-21-17(13-19)15-23(27-21)25(31)35-26(32)24-16-18-14-20(6-8-22(18)28-24)34-12-10-30(3)4/h5-8,13-16,27-28H,9-12H2,1-4H3. The Morgan fingerprint density at radius 2 is 1.11 bits per heavy atom. The van der Waals surface area contributed by atoms with Gasteiger partial charge in [0.25, 0.3) is 0 Å². The van der Waals surface area contributed by atoms with Crippen molar-refractivity contribution in [3.63, 3.8) is 0 Å². The minimum Gasteiger partial charge on any atom is -0.492 e. The maximum Gasteiger partial charge on any atom is 0.362 e. The number of ether oxygens (including phenoxy) is 3. The average Bonchev–Trinajstić information content (AvgIpc) is 3.42. The summed E-state index contributed by atoms with van der Waals surface area (Å²) in [5.41, 5.74) is 1.87. The van der Waals surface area contributed by atoms with E-state index in [1.54, 1.807) is 12.1 Å². The number of nitrogens with zero attached hydrogens (tertiary/aromatic N) is 2. The molecule has 35 heavy (non-hydrogen) atoms. The Morgan fingerprint density at radius 3 is 1.51 bits per heavy atom. The Kier molecular flexibility index (Phi) is 7.38. The molecule has 0 aliphatic heterocycles. The molecule has 0 aliphatic carbocycles. The SMILES string of the molecule is CN(C)CCOc1ccc2[nH]c(C(=O)OC(=O)c3cc4cc(OCCN(C)C)ccc4[nH]3)cc2c1. The zero-order valence-corrected chi connectivity index (χ0v) is 20.4. The maximum absolute atomic E-state index is 12.6. The molecule has 184 valence electrons. The monoisotopic (exact) mass is 478 g/mol. The van der Waals surface area contributed by atoms with Crippen LogP contribution in [0.5, 0.6) is 11.5 Å². The molecule has 0 bridgehead atoms. The number of carbonyl (C=O) groups excluding carboxylic acids is 2. The van der Waals surface area contributed by atoms with Gasteiger partial charge in [-0.2, -0.15) is 0 Å². The average molecular weight is 479 g/mol. The zero-order chi connectivity index (χ0) is 24.9. The van der Waals surface area contributed by atoms with Crippen molar-refractivity contribution in [1.29, 1.82) is 0 Å². The highest BCUT2D eigenvalue weighted by Gasteiger charge is 2.19. The molecule has 0 spiro atoms. The van der Waals surface area contributed by atoms with Gasteiger partial charge >= 0.3 is 11.9 Å². The number of carbonyl (C=O) groups is 2. The second-order valence-corrected chi connectivity index (χ2v) is 8.84. The fourth-order valence-corrected chi connectivity index (χ4v) is 3.51. The molecular weight excluding hydrogens is 448 g/mol. The summed E-state index contributed by atoms with van der Waals surface area (Å²) in [5, 5.41) is 1.58. The lowest BCUT2D eigenvalue weighted by molar-refractivity contribution is 0.0390. The summed E-state index contributed by atoms with van der Waals surface area (Å²) in [6, 6.07) is 14.3. The van der Waals surface area contributed by atoms with E-state index in [2.05, 4.69) is 9.97 Å². The summed E-state index contributed by atoms with van der Waals surface area (Å²) in [6.07, 6.45) is 0. The highest BCUT2D eigenvalue weighted by molar-refractivity contribution is 6.05. The van der Waals surface area contributed by atoms with Gasteiger partial charge < -0.3 is 34.0 Å². The Morgan fingerprint density at radius 1 is 0.686 bits per heavy atom. The molecule has 4 rings (SSSR count).